The van der Waals surface area contributed by atoms with Crippen molar-refractivity contribution in [2.24, 2.45) is 0 Å². The van der Waals surface area contributed by atoms with Crippen molar-refractivity contribution in [1.82, 2.24) is 19.9 Å². The predicted octanol–water partition coefficient (Wildman–Crippen LogP) is 4.68. The molecule has 0 bridgehead atoms. The number of amides is 1. The van der Waals surface area contributed by atoms with E-state index in [1.54, 1.807) is 15.9 Å². The number of nitrogens with zero attached hydrogens (tertiary/aromatic N) is 5. The second-order valence-electron chi connectivity index (χ2n) is 10.9. The van der Waals surface area contributed by atoms with Gasteiger partial charge in [0, 0.05) is 56.6 Å². The van der Waals surface area contributed by atoms with E-state index in [0.29, 0.717) is 19.3 Å². The van der Waals surface area contributed by atoms with Gasteiger partial charge >= 0.3 is 6.18 Å². The number of H-pyrrole nitrogens is 1. The highest BCUT2D eigenvalue weighted by Crippen LogP contribution is 2.40. The summed E-state index contributed by atoms with van der Waals surface area (Å²) in [6.45, 7) is 4.86. The summed E-state index contributed by atoms with van der Waals surface area (Å²) >= 11 is 0. The van der Waals surface area contributed by atoms with Crippen LogP contribution < -0.4 is 20.7 Å². The first kappa shape index (κ1) is 31.0. The number of halogens is 6. The highest BCUT2D eigenvalue weighted by molar-refractivity contribution is 6.07. The van der Waals surface area contributed by atoms with Gasteiger partial charge in [0.15, 0.2) is 11.6 Å². The van der Waals surface area contributed by atoms with E-state index in [0.717, 1.165) is 18.5 Å². The van der Waals surface area contributed by atoms with E-state index in [2.05, 4.69) is 25.2 Å². The van der Waals surface area contributed by atoms with Crippen LogP contribution in [-0.4, -0.2) is 71.1 Å². The number of alkyl halides is 3. The van der Waals surface area contributed by atoms with Crippen molar-refractivity contribution in [2.45, 2.75) is 38.5 Å². The molecule has 0 aliphatic carbocycles. The molecule has 9 nitrogen and oxygen atoms in total. The lowest BCUT2D eigenvalue weighted by atomic mass is 9.96. The standard InChI is InChI=1S/C29H29F6N7O2/c1-15-13-42(14-16(2)40(15)3)22-9-21(31)24(17-4-6-41(7-5-17)28-37-10-18(30)11-38-28)25(32)26(22)39-27(44)19-12-36-23(43)8-20(19)29(33,34)35/h4,8-12,15-16H,5-7,13-14H2,1-3H3,(H,36,43)(H,39,44). The molecule has 0 spiro atoms. The molecule has 1 aromatic carbocycles. The highest BCUT2D eigenvalue weighted by Gasteiger charge is 2.37. The summed E-state index contributed by atoms with van der Waals surface area (Å²) in [5.74, 6) is -3.78. The number of hydrogen-bond acceptors (Lipinski definition) is 7. The SMILES string of the molecule is CC1CN(c2cc(F)c(C3=CCN(c4ncc(F)cn4)CC3)c(F)c2NC(=O)c2c[nH]c(=O)cc2C(F)(F)F)CC(C)N1C. The number of carbonyl (C=O) groups excluding carboxylic acids is 1. The Labute approximate surface area is 248 Å². The second-order valence-corrected chi connectivity index (χ2v) is 10.9. The zero-order chi connectivity index (χ0) is 31.9. The number of aromatic nitrogens is 3. The third-order valence-electron chi connectivity index (χ3n) is 8.03. The van der Waals surface area contributed by atoms with Crippen LogP contribution in [-0.2, 0) is 6.18 Å². The molecule has 5 rings (SSSR count). The van der Waals surface area contributed by atoms with Gasteiger partial charge in [-0.05, 0) is 32.9 Å². The predicted molar refractivity (Wildman–Crippen MR) is 152 cm³/mol. The number of hydrogen-bond donors (Lipinski definition) is 2. The summed E-state index contributed by atoms with van der Waals surface area (Å²) in [5.41, 5.74) is -4.19. The average Bonchev–Trinajstić information content (AvgIpc) is 2.97. The third kappa shape index (κ3) is 6.14. The van der Waals surface area contributed by atoms with E-state index in [1.165, 1.54) is 0 Å². The summed E-state index contributed by atoms with van der Waals surface area (Å²) in [5, 5.41) is 2.26. The van der Waals surface area contributed by atoms with E-state index < -0.39 is 57.5 Å². The molecule has 1 amide bonds. The van der Waals surface area contributed by atoms with Crippen LogP contribution in [0.1, 0.15) is 41.8 Å². The Morgan fingerprint density at radius 2 is 1.70 bits per heavy atom. The maximum atomic E-state index is 16.5. The molecule has 2 aliphatic rings. The van der Waals surface area contributed by atoms with Crippen LogP contribution in [0.5, 0.6) is 0 Å². The fourth-order valence-corrected chi connectivity index (χ4v) is 5.49. The van der Waals surface area contributed by atoms with Gasteiger partial charge < -0.3 is 20.1 Å². The first-order valence-electron chi connectivity index (χ1n) is 13.8. The van der Waals surface area contributed by atoms with Gasteiger partial charge in [-0.2, -0.15) is 13.2 Å². The second kappa shape index (κ2) is 11.9. The minimum atomic E-state index is -5.05. The summed E-state index contributed by atoms with van der Waals surface area (Å²) in [6.07, 6.45) is -0.763. The van der Waals surface area contributed by atoms with Gasteiger partial charge in [-0.3, -0.25) is 14.5 Å². The molecule has 0 saturated carbocycles. The molecule has 2 aliphatic heterocycles. The zero-order valence-corrected chi connectivity index (χ0v) is 24.0. The van der Waals surface area contributed by atoms with Gasteiger partial charge in [-0.1, -0.05) is 6.08 Å². The molecule has 1 saturated heterocycles. The molecule has 1 fully saturated rings. The van der Waals surface area contributed by atoms with Crippen molar-refractivity contribution < 1.29 is 31.1 Å². The van der Waals surface area contributed by atoms with E-state index in [4.69, 9.17) is 0 Å². The van der Waals surface area contributed by atoms with Crippen LogP contribution in [0.3, 0.4) is 0 Å². The van der Waals surface area contributed by atoms with Crippen LogP contribution in [0.4, 0.5) is 43.7 Å². The molecule has 0 radical (unpaired) electrons. The molecular weight excluding hydrogens is 592 g/mol. The highest BCUT2D eigenvalue weighted by atomic mass is 19.4. The van der Waals surface area contributed by atoms with E-state index >= 15 is 8.78 Å². The molecule has 3 aromatic rings. The van der Waals surface area contributed by atoms with Gasteiger partial charge in [-0.25, -0.2) is 23.1 Å². The topological polar surface area (TPSA) is 97.5 Å². The smallest absolute Gasteiger partial charge is 0.367 e. The molecule has 2 N–H and O–H groups in total. The lowest BCUT2D eigenvalue weighted by Crippen LogP contribution is -2.55. The number of piperazine rings is 1. The number of aromatic amines is 1. The Morgan fingerprint density at radius 1 is 1.05 bits per heavy atom. The molecule has 234 valence electrons. The first-order valence-corrected chi connectivity index (χ1v) is 13.8. The average molecular weight is 622 g/mol. The van der Waals surface area contributed by atoms with Gasteiger partial charge in [-0.15, -0.1) is 0 Å². The Bertz CT molecular complexity index is 1650. The summed E-state index contributed by atoms with van der Waals surface area (Å²) in [6, 6.07) is 1.22. The van der Waals surface area contributed by atoms with Gasteiger partial charge in [0.1, 0.15) is 11.5 Å². The molecule has 2 unspecified atom stereocenters. The Balaban J connectivity index is 1.56. The van der Waals surface area contributed by atoms with Crippen molar-refractivity contribution in [2.75, 3.05) is 48.3 Å². The van der Waals surface area contributed by atoms with Crippen LogP contribution in [0.25, 0.3) is 5.57 Å². The number of rotatable bonds is 5. The third-order valence-corrected chi connectivity index (χ3v) is 8.03. The van der Waals surface area contributed by atoms with Crippen molar-refractivity contribution in [3.05, 3.63) is 81.3 Å². The maximum Gasteiger partial charge on any atom is 0.417 e. The van der Waals surface area contributed by atoms with E-state index in [9.17, 15) is 27.2 Å². The van der Waals surface area contributed by atoms with Crippen LogP contribution in [0.15, 0.2) is 41.6 Å². The fourth-order valence-electron chi connectivity index (χ4n) is 5.49. The molecule has 4 heterocycles. The largest absolute Gasteiger partial charge is 0.417 e. The van der Waals surface area contributed by atoms with Crippen LogP contribution >= 0.6 is 0 Å². The Hall–Kier alpha value is -4.40. The quantitative estimate of drug-likeness (QED) is 0.400. The Kier molecular flexibility index (Phi) is 8.42. The van der Waals surface area contributed by atoms with Crippen LogP contribution in [0, 0.1) is 17.5 Å². The van der Waals surface area contributed by atoms with E-state index in [1.807, 2.05) is 20.9 Å². The maximum absolute atomic E-state index is 16.5. The molecule has 15 heteroatoms. The Morgan fingerprint density at radius 3 is 2.30 bits per heavy atom. The molecule has 2 atom stereocenters. The van der Waals surface area contributed by atoms with Crippen molar-refractivity contribution in [3.8, 4) is 0 Å². The lowest BCUT2D eigenvalue weighted by molar-refractivity contribution is -0.138. The number of benzene rings is 1. The van der Waals surface area contributed by atoms with Crippen molar-refractivity contribution in [1.29, 1.82) is 0 Å². The number of nitrogens with one attached hydrogen (secondary N) is 2. The number of pyridine rings is 1. The molecular formula is C29H29F6N7O2. The summed E-state index contributed by atoms with van der Waals surface area (Å²) in [7, 11) is 1.91. The summed E-state index contributed by atoms with van der Waals surface area (Å²) in [4.78, 5) is 40.2. The van der Waals surface area contributed by atoms with E-state index in [-0.39, 0.29) is 54.9 Å². The minimum Gasteiger partial charge on any atom is -0.367 e. The van der Waals surface area contributed by atoms with Gasteiger partial charge in [0.25, 0.3) is 5.91 Å². The number of carbonyl (C=O) groups is 1. The summed E-state index contributed by atoms with van der Waals surface area (Å²) < 4.78 is 86.7. The number of likely N-dealkylation sites (N-methyl/N-ethyl adjacent to an activating group) is 1. The van der Waals surface area contributed by atoms with Gasteiger partial charge in [0.05, 0.1) is 34.8 Å². The normalized spacial score (nSPS) is 19.6. The molecule has 2 aromatic heterocycles. The number of anilines is 3. The first-order chi connectivity index (χ1) is 20.7. The fraction of sp³-hybridized carbons (Fsp3) is 0.379. The lowest BCUT2D eigenvalue weighted by Gasteiger charge is -2.44. The van der Waals surface area contributed by atoms with Crippen molar-refractivity contribution >= 4 is 28.8 Å². The van der Waals surface area contributed by atoms with Crippen LogP contribution in [0.2, 0.25) is 0 Å². The van der Waals surface area contributed by atoms with Crippen molar-refractivity contribution in [3.63, 3.8) is 0 Å². The van der Waals surface area contributed by atoms with Gasteiger partial charge in [0.2, 0.25) is 11.5 Å². The minimum absolute atomic E-state index is 0.0281. The molecule has 44 heavy (non-hydrogen) atoms. The monoisotopic (exact) mass is 621 g/mol. The zero-order valence-electron chi connectivity index (χ0n) is 24.0.